The first-order chi connectivity index (χ1) is 11.6. The fourth-order valence-corrected chi connectivity index (χ4v) is 2.79. The van der Waals surface area contributed by atoms with Gasteiger partial charge in [0.2, 0.25) is 0 Å². The van der Waals surface area contributed by atoms with Gasteiger partial charge in [0.1, 0.15) is 16.9 Å². The zero-order chi connectivity index (χ0) is 16.8. The van der Waals surface area contributed by atoms with Crippen molar-refractivity contribution in [2.75, 3.05) is 12.4 Å². The van der Waals surface area contributed by atoms with Crippen LogP contribution in [-0.4, -0.2) is 41.6 Å². The van der Waals surface area contributed by atoms with Gasteiger partial charge in [0.15, 0.2) is 17.3 Å². The molecule has 0 amide bonds. The molecule has 0 radical (unpaired) electrons. The number of hydrogen-bond acceptors (Lipinski definition) is 6. The van der Waals surface area contributed by atoms with E-state index in [1.807, 2.05) is 6.92 Å². The number of nitrogens with one attached hydrogen (secondary N) is 1. The first kappa shape index (κ1) is 14.5. The largest absolute Gasteiger partial charge is 0.371 e. The molecule has 0 spiro atoms. The van der Waals surface area contributed by atoms with Gasteiger partial charge in [-0.1, -0.05) is 5.21 Å². The molecule has 4 heterocycles. The number of anilines is 1. The molecule has 1 N–H and O–H groups in total. The van der Waals surface area contributed by atoms with Crippen molar-refractivity contribution in [3.05, 3.63) is 30.0 Å². The Morgan fingerprint density at radius 1 is 1.25 bits per heavy atom. The molecule has 0 fully saturated rings. The highest BCUT2D eigenvalue weighted by Gasteiger charge is 2.20. The van der Waals surface area contributed by atoms with Gasteiger partial charge in [0, 0.05) is 13.6 Å². The second kappa shape index (κ2) is 5.22. The summed E-state index contributed by atoms with van der Waals surface area (Å²) in [6, 6.07) is 3.52. The average molecular weight is 326 g/mol. The van der Waals surface area contributed by atoms with E-state index in [0.717, 1.165) is 0 Å². The molecule has 122 valence electrons. The van der Waals surface area contributed by atoms with Crippen molar-refractivity contribution in [1.82, 2.24) is 34.6 Å². The maximum Gasteiger partial charge on any atom is 0.179 e. The molecule has 0 aliphatic carbocycles. The number of halogens is 1. The van der Waals surface area contributed by atoms with Crippen molar-refractivity contribution in [1.29, 1.82) is 0 Å². The van der Waals surface area contributed by atoms with Gasteiger partial charge < -0.3 is 5.32 Å². The first-order valence-corrected chi connectivity index (χ1v) is 7.56. The molecular weight excluding hydrogens is 311 g/mol. The minimum atomic E-state index is -0.409. The predicted molar refractivity (Wildman–Crippen MR) is 87.2 cm³/mol. The monoisotopic (exact) mass is 326 g/mol. The van der Waals surface area contributed by atoms with Crippen molar-refractivity contribution in [3.63, 3.8) is 0 Å². The van der Waals surface area contributed by atoms with Gasteiger partial charge >= 0.3 is 0 Å². The summed E-state index contributed by atoms with van der Waals surface area (Å²) in [5, 5.41) is 15.3. The molecule has 0 unspecified atom stereocenters. The lowest BCUT2D eigenvalue weighted by atomic mass is 10.1. The molecule has 8 nitrogen and oxygen atoms in total. The lowest BCUT2D eigenvalue weighted by Crippen LogP contribution is -2.03. The third-order valence-corrected chi connectivity index (χ3v) is 3.84. The average Bonchev–Trinajstić information content (AvgIpc) is 3.13. The molecule has 0 aliphatic heterocycles. The molecule has 4 rings (SSSR count). The highest BCUT2D eigenvalue weighted by molar-refractivity contribution is 5.89. The van der Waals surface area contributed by atoms with Crippen LogP contribution in [0.3, 0.4) is 0 Å². The van der Waals surface area contributed by atoms with Crippen LogP contribution in [0.2, 0.25) is 0 Å². The standard InChI is InChI=1S/C15H15FN8/c1-4-23-15-11(20-22-23)6-5-10(19-15)12-9(16)7-24-13(12)14(17-3)18-8(2)21-24/h5-7H,4H2,1-3H3,(H,17,18,21). The lowest BCUT2D eigenvalue weighted by Gasteiger charge is -2.07. The van der Waals surface area contributed by atoms with E-state index >= 15 is 0 Å². The Kier molecular flexibility index (Phi) is 3.15. The Morgan fingerprint density at radius 2 is 2.08 bits per heavy atom. The van der Waals surface area contributed by atoms with Crippen LogP contribution in [0.1, 0.15) is 12.7 Å². The third kappa shape index (κ3) is 2.01. The zero-order valence-corrected chi connectivity index (χ0v) is 13.4. The van der Waals surface area contributed by atoms with Gasteiger partial charge in [-0.3, -0.25) is 0 Å². The van der Waals surface area contributed by atoms with E-state index in [1.54, 1.807) is 30.8 Å². The fourth-order valence-electron chi connectivity index (χ4n) is 2.79. The summed E-state index contributed by atoms with van der Waals surface area (Å²) in [7, 11) is 1.74. The summed E-state index contributed by atoms with van der Waals surface area (Å²) in [4.78, 5) is 8.90. The summed E-state index contributed by atoms with van der Waals surface area (Å²) in [6.45, 7) is 4.34. The van der Waals surface area contributed by atoms with E-state index in [4.69, 9.17) is 0 Å². The highest BCUT2D eigenvalue weighted by Crippen LogP contribution is 2.32. The van der Waals surface area contributed by atoms with Crippen LogP contribution >= 0.6 is 0 Å². The molecule has 0 saturated heterocycles. The minimum Gasteiger partial charge on any atom is -0.371 e. The maximum absolute atomic E-state index is 14.7. The summed E-state index contributed by atoms with van der Waals surface area (Å²) < 4.78 is 17.8. The first-order valence-electron chi connectivity index (χ1n) is 7.56. The molecule has 4 aromatic heterocycles. The molecule has 0 saturated carbocycles. The number of rotatable bonds is 3. The Hall–Kier alpha value is -3.10. The van der Waals surface area contributed by atoms with Crippen LogP contribution in [0, 0.1) is 12.7 Å². The molecular formula is C15H15FN8. The van der Waals surface area contributed by atoms with Crippen molar-refractivity contribution < 1.29 is 4.39 Å². The summed E-state index contributed by atoms with van der Waals surface area (Å²) in [5.74, 6) is 0.685. The molecule has 0 aromatic carbocycles. The summed E-state index contributed by atoms with van der Waals surface area (Å²) in [5.41, 5.74) is 2.68. The van der Waals surface area contributed by atoms with E-state index in [-0.39, 0.29) is 0 Å². The smallest absolute Gasteiger partial charge is 0.179 e. The Balaban J connectivity index is 2.04. The van der Waals surface area contributed by atoms with Gasteiger partial charge in [-0.2, -0.15) is 5.10 Å². The number of fused-ring (bicyclic) bond motifs is 2. The van der Waals surface area contributed by atoms with E-state index < -0.39 is 5.82 Å². The third-order valence-electron chi connectivity index (χ3n) is 3.84. The van der Waals surface area contributed by atoms with E-state index in [9.17, 15) is 4.39 Å². The predicted octanol–water partition coefficient (Wildman–Crippen LogP) is 2.05. The van der Waals surface area contributed by atoms with Crippen LogP contribution in [0.15, 0.2) is 18.3 Å². The van der Waals surface area contributed by atoms with Crippen molar-refractivity contribution in [2.24, 2.45) is 0 Å². The van der Waals surface area contributed by atoms with Crippen LogP contribution in [0.4, 0.5) is 10.2 Å². The molecule has 0 bridgehead atoms. The maximum atomic E-state index is 14.7. The lowest BCUT2D eigenvalue weighted by molar-refractivity contribution is 0.627. The van der Waals surface area contributed by atoms with Gasteiger partial charge in [-0.15, -0.1) is 5.10 Å². The number of aryl methyl sites for hydroxylation is 2. The van der Waals surface area contributed by atoms with Gasteiger partial charge in [0.05, 0.1) is 17.5 Å². The number of nitrogens with zero attached hydrogens (tertiary/aromatic N) is 7. The quantitative estimate of drug-likeness (QED) is 0.620. The number of pyridine rings is 1. The molecule has 0 aliphatic rings. The molecule has 9 heteroatoms. The van der Waals surface area contributed by atoms with E-state index in [1.165, 1.54) is 10.7 Å². The van der Waals surface area contributed by atoms with E-state index in [0.29, 0.717) is 46.1 Å². The minimum absolute atomic E-state index is 0.352. The second-order valence-electron chi connectivity index (χ2n) is 5.35. The highest BCUT2D eigenvalue weighted by atomic mass is 19.1. The van der Waals surface area contributed by atoms with Crippen LogP contribution in [-0.2, 0) is 6.54 Å². The fraction of sp³-hybridized carbons (Fsp3) is 0.267. The van der Waals surface area contributed by atoms with Gasteiger partial charge in [0.25, 0.3) is 0 Å². The van der Waals surface area contributed by atoms with Crippen LogP contribution < -0.4 is 5.32 Å². The Bertz CT molecular complexity index is 1060. The van der Waals surface area contributed by atoms with Gasteiger partial charge in [-0.05, 0) is 26.0 Å². The van der Waals surface area contributed by atoms with Crippen molar-refractivity contribution in [2.45, 2.75) is 20.4 Å². The Morgan fingerprint density at radius 3 is 2.83 bits per heavy atom. The molecule has 0 atom stereocenters. The molecule has 24 heavy (non-hydrogen) atoms. The van der Waals surface area contributed by atoms with E-state index in [2.05, 4.69) is 30.7 Å². The van der Waals surface area contributed by atoms with Crippen LogP contribution in [0.25, 0.3) is 27.9 Å². The van der Waals surface area contributed by atoms with Crippen LogP contribution in [0.5, 0.6) is 0 Å². The SMILES string of the molecule is CCn1nnc2ccc(-c3c(F)cn4nc(C)nc(NC)c34)nc21. The van der Waals surface area contributed by atoms with Crippen molar-refractivity contribution in [3.8, 4) is 11.3 Å². The Labute approximate surface area is 136 Å². The van der Waals surface area contributed by atoms with Gasteiger partial charge in [-0.25, -0.2) is 23.6 Å². The molecule has 4 aromatic rings. The summed E-state index contributed by atoms with van der Waals surface area (Å²) in [6.07, 6.45) is 1.33. The number of aromatic nitrogens is 7. The second-order valence-corrected chi connectivity index (χ2v) is 5.35. The van der Waals surface area contributed by atoms with Crippen molar-refractivity contribution >= 4 is 22.5 Å². The summed E-state index contributed by atoms with van der Waals surface area (Å²) >= 11 is 0. The zero-order valence-electron chi connectivity index (χ0n) is 13.4. The topological polar surface area (TPSA) is 85.8 Å². The normalized spacial score (nSPS) is 11.5. The number of hydrogen-bond donors (Lipinski definition) is 1.